The van der Waals surface area contributed by atoms with Crippen molar-refractivity contribution in [1.29, 1.82) is 0 Å². The topological polar surface area (TPSA) is 55.8 Å². The molecule has 0 aliphatic carbocycles. The summed E-state index contributed by atoms with van der Waals surface area (Å²) in [6, 6.07) is 2.07. The maximum atomic E-state index is 12.6. The van der Waals surface area contributed by atoms with Crippen LogP contribution in [0, 0.1) is 0 Å². The summed E-state index contributed by atoms with van der Waals surface area (Å²) in [7, 11) is 0. The van der Waals surface area contributed by atoms with Crippen LogP contribution in [0.1, 0.15) is 10.4 Å². The number of fused-ring (bicyclic) bond motifs is 1. The summed E-state index contributed by atoms with van der Waals surface area (Å²) < 4.78 is 33.4. The molecule has 0 atom stereocenters. The summed E-state index contributed by atoms with van der Waals surface area (Å²) in [5.74, 6) is -2.32. The number of rotatable bonds is 1. The molecule has 0 saturated carbocycles. The van der Waals surface area contributed by atoms with Gasteiger partial charge < -0.3 is 14.6 Å². The molecular formula is C8H3ClF2O4. The first kappa shape index (κ1) is 9.97. The molecule has 1 N–H and O–H groups in total. The highest BCUT2D eigenvalue weighted by atomic mass is 35.5. The van der Waals surface area contributed by atoms with Crippen LogP contribution >= 0.6 is 11.6 Å². The first-order valence-corrected chi connectivity index (χ1v) is 4.09. The van der Waals surface area contributed by atoms with E-state index in [0.29, 0.717) is 0 Å². The molecule has 0 bridgehead atoms. The molecule has 0 unspecified atom stereocenters. The van der Waals surface area contributed by atoms with Gasteiger partial charge in [-0.15, -0.1) is 8.78 Å². The van der Waals surface area contributed by atoms with Crippen molar-refractivity contribution in [3.8, 4) is 11.5 Å². The Labute approximate surface area is 87.0 Å². The number of carboxylic acid groups (broad SMARTS) is 1. The van der Waals surface area contributed by atoms with Gasteiger partial charge in [-0.3, -0.25) is 0 Å². The number of hydrogen-bond donors (Lipinski definition) is 1. The van der Waals surface area contributed by atoms with Crippen LogP contribution in [0.15, 0.2) is 12.1 Å². The first-order chi connectivity index (χ1) is 6.89. The van der Waals surface area contributed by atoms with E-state index in [1.807, 2.05) is 0 Å². The molecule has 0 amide bonds. The fraction of sp³-hybridized carbons (Fsp3) is 0.125. The van der Waals surface area contributed by atoms with Gasteiger partial charge in [0.05, 0.1) is 0 Å². The van der Waals surface area contributed by atoms with Crippen molar-refractivity contribution in [3.05, 3.63) is 22.7 Å². The van der Waals surface area contributed by atoms with Gasteiger partial charge in [0.2, 0.25) is 0 Å². The van der Waals surface area contributed by atoms with Gasteiger partial charge in [0.15, 0.2) is 11.5 Å². The number of benzene rings is 1. The third-order valence-electron chi connectivity index (χ3n) is 1.70. The number of carboxylic acids is 1. The zero-order valence-electron chi connectivity index (χ0n) is 6.96. The van der Waals surface area contributed by atoms with Gasteiger partial charge in [0.1, 0.15) is 5.56 Å². The van der Waals surface area contributed by atoms with Gasteiger partial charge in [-0.2, -0.15) is 0 Å². The minimum absolute atomic E-state index is 0.0209. The summed E-state index contributed by atoms with van der Waals surface area (Å²) in [5, 5.41) is 8.68. The normalized spacial score (nSPS) is 16.5. The van der Waals surface area contributed by atoms with Crippen molar-refractivity contribution in [2.75, 3.05) is 0 Å². The Balaban J connectivity index is 2.58. The van der Waals surface area contributed by atoms with E-state index in [1.54, 1.807) is 0 Å². The van der Waals surface area contributed by atoms with Crippen molar-refractivity contribution in [1.82, 2.24) is 0 Å². The van der Waals surface area contributed by atoms with E-state index >= 15 is 0 Å². The zero-order valence-corrected chi connectivity index (χ0v) is 7.72. The monoisotopic (exact) mass is 236 g/mol. The lowest BCUT2D eigenvalue weighted by Crippen LogP contribution is -2.26. The third kappa shape index (κ3) is 1.68. The Kier molecular flexibility index (Phi) is 1.97. The molecule has 2 rings (SSSR count). The Morgan fingerprint density at radius 3 is 2.67 bits per heavy atom. The van der Waals surface area contributed by atoms with E-state index in [9.17, 15) is 13.6 Å². The smallest absolute Gasteiger partial charge is 0.478 e. The van der Waals surface area contributed by atoms with Gasteiger partial charge in [-0.05, 0) is 6.07 Å². The van der Waals surface area contributed by atoms with Crippen molar-refractivity contribution in [2.24, 2.45) is 0 Å². The predicted octanol–water partition coefficient (Wildman–Crippen LogP) is 2.36. The van der Waals surface area contributed by atoms with E-state index in [4.69, 9.17) is 16.7 Å². The molecule has 0 aromatic heterocycles. The van der Waals surface area contributed by atoms with Gasteiger partial charge in [0, 0.05) is 11.1 Å². The average molecular weight is 237 g/mol. The molecule has 1 aliphatic rings. The van der Waals surface area contributed by atoms with Crippen LogP contribution in [-0.4, -0.2) is 17.4 Å². The highest BCUT2D eigenvalue weighted by Gasteiger charge is 2.45. The maximum Gasteiger partial charge on any atom is 0.586 e. The van der Waals surface area contributed by atoms with E-state index in [2.05, 4.69) is 9.47 Å². The van der Waals surface area contributed by atoms with Crippen molar-refractivity contribution in [3.63, 3.8) is 0 Å². The minimum Gasteiger partial charge on any atom is -0.478 e. The van der Waals surface area contributed by atoms with E-state index < -0.39 is 23.6 Å². The summed E-state index contributed by atoms with van der Waals surface area (Å²) in [6.07, 6.45) is -3.85. The molecule has 15 heavy (non-hydrogen) atoms. The summed E-state index contributed by atoms with van der Waals surface area (Å²) in [5.41, 5.74) is -0.463. The number of alkyl halides is 2. The lowest BCUT2D eigenvalue weighted by molar-refractivity contribution is -0.286. The second kappa shape index (κ2) is 2.96. The summed E-state index contributed by atoms with van der Waals surface area (Å²) >= 11 is 5.52. The second-order valence-corrected chi connectivity index (χ2v) is 3.19. The Hall–Kier alpha value is -1.56. The van der Waals surface area contributed by atoms with Crippen LogP contribution in [0.5, 0.6) is 11.5 Å². The van der Waals surface area contributed by atoms with Crippen molar-refractivity contribution >= 4 is 17.6 Å². The molecule has 1 aliphatic heterocycles. The average Bonchev–Trinajstić information content (AvgIpc) is 2.36. The second-order valence-electron chi connectivity index (χ2n) is 2.75. The molecule has 0 saturated heterocycles. The SMILES string of the molecule is O=C(O)c1cc(Cl)cc2c1OC(F)(F)O2. The molecule has 0 spiro atoms. The minimum atomic E-state index is -3.85. The number of hydrogen-bond acceptors (Lipinski definition) is 3. The van der Waals surface area contributed by atoms with Crippen LogP contribution in [0.2, 0.25) is 5.02 Å². The fourth-order valence-electron chi connectivity index (χ4n) is 1.18. The summed E-state index contributed by atoms with van der Waals surface area (Å²) in [4.78, 5) is 10.7. The molecule has 1 heterocycles. The van der Waals surface area contributed by atoms with E-state index in [1.165, 1.54) is 0 Å². The number of ether oxygens (including phenoxy) is 2. The zero-order chi connectivity index (χ0) is 11.2. The van der Waals surface area contributed by atoms with Crippen LogP contribution in [0.25, 0.3) is 0 Å². The van der Waals surface area contributed by atoms with Crippen LogP contribution in [0.3, 0.4) is 0 Å². The quantitative estimate of drug-likeness (QED) is 0.813. The van der Waals surface area contributed by atoms with Gasteiger partial charge in [-0.1, -0.05) is 11.6 Å². The molecular weight excluding hydrogens is 234 g/mol. The number of aromatic carboxylic acids is 1. The van der Waals surface area contributed by atoms with Crippen LogP contribution < -0.4 is 9.47 Å². The van der Waals surface area contributed by atoms with Gasteiger partial charge in [0.25, 0.3) is 0 Å². The molecule has 0 radical (unpaired) electrons. The van der Waals surface area contributed by atoms with Crippen molar-refractivity contribution < 1.29 is 28.2 Å². The molecule has 1 aromatic rings. The van der Waals surface area contributed by atoms with Gasteiger partial charge in [-0.25, -0.2) is 4.79 Å². The first-order valence-electron chi connectivity index (χ1n) is 3.72. The lowest BCUT2D eigenvalue weighted by Gasteiger charge is -2.04. The molecule has 80 valence electrons. The standard InChI is InChI=1S/C8H3ClF2O4/c9-3-1-4(7(12)13)6-5(2-3)14-8(10,11)15-6/h1-2H,(H,12,13). The molecule has 7 heteroatoms. The maximum absolute atomic E-state index is 12.6. The van der Waals surface area contributed by atoms with Crippen LogP contribution in [0.4, 0.5) is 8.78 Å². The third-order valence-corrected chi connectivity index (χ3v) is 1.92. The van der Waals surface area contributed by atoms with Crippen LogP contribution in [-0.2, 0) is 0 Å². The van der Waals surface area contributed by atoms with E-state index in [-0.39, 0.29) is 10.8 Å². The Morgan fingerprint density at radius 2 is 2.07 bits per heavy atom. The lowest BCUT2D eigenvalue weighted by atomic mass is 10.2. The molecule has 4 nitrogen and oxygen atoms in total. The molecule has 0 fully saturated rings. The molecule has 1 aromatic carbocycles. The number of carbonyl (C=O) groups is 1. The number of halogens is 3. The highest BCUT2D eigenvalue weighted by molar-refractivity contribution is 6.31. The Bertz CT molecular complexity index is 447. The van der Waals surface area contributed by atoms with E-state index in [0.717, 1.165) is 12.1 Å². The summed E-state index contributed by atoms with van der Waals surface area (Å²) in [6.45, 7) is 0. The fourth-order valence-corrected chi connectivity index (χ4v) is 1.38. The highest BCUT2D eigenvalue weighted by Crippen LogP contribution is 2.44. The largest absolute Gasteiger partial charge is 0.586 e. The van der Waals surface area contributed by atoms with Gasteiger partial charge >= 0.3 is 12.3 Å². The predicted molar refractivity (Wildman–Crippen MR) is 44.6 cm³/mol. The Morgan fingerprint density at radius 1 is 1.40 bits per heavy atom. The van der Waals surface area contributed by atoms with Crippen molar-refractivity contribution in [2.45, 2.75) is 6.29 Å².